The van der Waals surface area contributed by atoms with E-state index in [1.165, 1.54) is 19.3 Å². The van der Waals surface area contributed by atoms with Crippen LogP contribution in [0.4, 0.5) is 0 Å². The second kappa shape index (κ2) is 5.41. The maximum atomic E-state index is 9.27. The van der Waals surface area contributed by atoms with Crippen LogP contribution in [0.2, 0.25) is 0 Å². The van der Waals surface area contributed by atoms with Gasteiger partial charge in [-0.2, -0.15) is 0 Å². The van der Waals surface area contributed by atoms with Crippen molar-refractivity contribution in [1.29, 1.82) is 0 Å². The molecule has 1 fully saturated rings. The molecule has 0 aromatic heterocycles. The van der Waals surface area contributed by atoms with Crippen molar-refractivity contribution >= 4 is 0 Å². The topological polar surface area (TPSA) is 32.3 Å². The Morgan fingerprint density at radius 1 is 1.17 bits per heavy atom. The molecule has 0 amide bonds. The molecule has 2 nitrogen and oxygen atoms in total. The molecule has 0 bridgehead atoms. The molecule has 0 heterocycles. The molecular formula is C16H23NO. The molecule has 2 N–H and O–H groups in total. The first-order valence-corrected chi connectivity index (χ1v) is 7.29. The van der Waals surface area contributed by atoms with Gasteiger partial charge in [-0.1, -0.05) is 24.3 Å². The number of aliphatic hydroxyl groups is 1. The van der Waals surface area contributed by atoms with Gasteiger partial charge in [0.25, 0.3) is 0 Å². The zero-order valence-corrected chi connectivity index (χ0v) is 10.9. The maximum Gasteiger partial charge on any atom is 0.0546 e. The minimum Gasteiger partial charge on any atom is -0.393 e. The summed E-state index contributed by atoms with van der Waals surface area (Å²) in [4.78, 5) is 0. The fourth-order valence-corrected chi connectivity index (χ4v) is 3.40. The van der Waals surface area contributed by atoms with Crippen molar-refractivity contribution in [2.45, 2.75) is 44.1 Å². The van der Waals surface area contributed by atoms with Gasteiger partial charge in [-0.05, 0) is 61.6 Å². The molecule has 1 aromatic rings. The molecule has 0 radical (unpaired) electrons. The number of nitrogens with one attached hydrogen (secondary N) is 1. The maximum absolute atomic E-state index is 9.27. The lowest BCUT2D eigenvalue weighted by molar-refractivity contribution is 0.0429. The molecular weight excluding hydrogens is 222 g/mol. The number of hydrogen-bond acceptors (Lipinski definition) is 2. The Bertz CT molecular complexity index is 398. The van der Waals surface area contributed by atoms with Crippen molar-refractivity contribution in [3.63, 3.8) is 0 Å². The van der Waals surface area contributed by atoms with Crippen LogP contribution in [0.1, 0.15) is 42.7 Å². The van der Waals surface area contributed by atoms with Gasteiger partial charge in [0.1, 0.15) is 0 Å². The van der Waals surface area contributed by atoms with E-state index in [0.29, 0.717) is 11.8 Å². The lowest BCUT2D eigenvalue weighted by Crippen LogP contribution is -2.37. The molecule has 1 atom stereocenters. The van der Waals surface area contributed by atoms with Crippen LogP contribution in [0.3, 0.4) is 0 Å². The average Bonchev–Trinajstić information content (AvgIpc) is 2.37. The van der Waals surface area contributed by atoms with Crippen LogP contribution >= 0.6 is 0 Å². The average molecular weight is 245 g/mol. The molecule has 2 heteroatoms. The molecule has 0 aliphatic heterocycles. The monoisotopic (exact) mass is 245 g/mol. The van der Waals surface area contributed by atoms with Gasteiger partial charge in [-0.25, -0.2) is 0 Å². The Morgan fingerprint density at radius 2 is 2.00 bits per heavy atom. The normalized spacial score (nSPS) is 30.6. The lowest BCUT2D eigenvalue weighted by atomic mass is 9.81. The predicted octanol–water partition coefficient (Wildman–Crippen LogP) is 2.47. The first-order valence-electron chi connectivity index (χ1n) is 7.29. The van der Waals surface area contributed by atoms with Gasteiger partial charge in [0, 0.05) is 6.54 Å². The van der Waals surface area contributed by atoms with E-state index in [9.17, 15) is 5.11 Å². The highest BCUT2D eigenvalue weighted by Gasteiger charge is 2.27. The standard InChI is InChI=1S/C16H23NO/c18-15-8-12(9-15)10-17-11-14-6-3-5-13-4-1-2-7-16(13)14/h1-2,4,7,12,14-15,17-18H,3,5-6,8-11H2. The molecule has 3 rings (SSSR count). The van der Waals surface area contributed by atoms with E-state index in [4.69, 9.17) is 0 Å². The molecule has 18 heavy (non-hydrogen) atoms. The van der Waals surface area contributed by atoms with Crippen LogP contribution in [0.25, 0.3) is 0 Å². The van der Waals surface area contributed by atoms with Crippen molar-refractivity contribution in [2.24, 2.45) is 5.92 Å². The summed E-state index contributed by atoms with van der Waals surface area (Å²) in [6, 6.07) is 8.90. The van der Waals surface area contributed by atoms with Crippen LogP contribution in [0, 0.1) is 5.92 Å². The van der Waals surface area contributed by atoms with E-state index in [0.717, 1.165) is 25.9 Å². The summed E-state index contributed by atoms with van der Waals surface area (Å²) in [5.74, 6) is 1.40. The SMILES string of the molecule is OC1CC(CNCC2CCCc3ccccc32)C1. The predicted molar refractivity (Wildman–Crippen MR) is 73.7 cm³/mol. The van der Waals surface area contributed by atoms with Gasteiger partial charge in [0.15, 0.2) is 0 Å². The summed E-state index contributed by atoms with van der Waals surface area (Å²) in [5.41, 5.74) is 3.11. The van der Waals surface area contributed by atoms with E-state index >= 15 is 0 Å². The van der Waals surface area contributed by atoms with Crippen molar-refractivity contribution in [1.82, 2.24) is 5.32 Å². The first kappa shape index (κ1) is 12.2. The second-order valence-electron chi connectivity index (χ2n) is 5.94. The minimum atomic E-state index is -0.0211. The third-order valence-electron chi connectivity index (χ3n) is 4.53. The Balaban J connectivity index is 1.51. The second-order valence-corrected chi connectivity index (χ2v) is 5.94. The van der Waals surface area contributed by atoms with Crippen LogP contribution in [0.5, 0.6) is 0 Å². The minimum absolute atomic E-state index is 0.0211. The zero-order chi connectivity index (χ0) is 12.4. The zero-order valence-electron chi connectivity index (χ0n) is 10.9. The fourth-order valence-electron chi connectivity index (χ4n) is 3.40. The van der Waals surface area contributed by atoms with Crippen molar-refractivity contribution < 1.29 is 5.11 Å². The quantitative estimate of drug-likeness (QED) is 0.854. The summed E-state index contributed by atoms with van der Waals surface area (Å²) in [6.07, 6.45) is 5.86. The fraction of sp³-hybridized carbons (Fsp3) is 0.625. The van der Waals surface area contributed by atoms with Crippen LogP contribution < -0.4 is 5.32 Å². The summed E-state index contributed by atoms with van der Waals surface area (Å²) in [6.45, 7) is 2.18. The number of benzene rings is 1. The summed E-state index contributed by atoms with van der Waals surface area (Å²) < 4.78 is 0. The summed E-state index contributed by atoms with van der Waals surface area (Å²) >= 11 is 0. The Labute approximate surface area is 109 Å². The van der Waals surface area contributed by atoms with Crippen LogP contribution in [0.15, 0.2) is 24.3 Å². The molecule has 1 aromatic carbocycles. The van der Waals surface area contributed by atoms with Crippen molar-refractivity contribution in [2.75, 3.05) is 13.1 Å². The number of rotatable bonds is 4. The highest BCUT2D eigenvalue weighted by molar-refractivity contribution is 5.32. The summed E-state index contributed by atoms with van der Waals surface area (Å²) in [5, 5.41) is 12.9. The molecule has 0 spiro atoms. The Kier molecular flexibility index (Phi) is 3.67. The molecule has 98 valence electrons. The molecule has 2 aliphatic carbocycles. The van der Waals surface area contributed by atoms with E-state index in [1.807, 2.05) is 0 Å². The van der Waals surface area contributed by atoms with E-state index in [2.05, 4.69) is 29.6 Å². The van der Waals surface area contributed by atoms with Crippen molar-refractivity contribution in [3.8, 4) is 0 Å². The number of hydrogen-bond donors (Lipinski definition) is 2. The smallest absolute Gasteiger partial charge is 0.0546 e. The van der Waals surface area contributed by atoms with E-state index < -0.39 is 0 Å². The van der Waals surface area contributed by atoms with Gasteiger partial charge in [0.2, 0.25) is 0 Å². The molecule has 1 saturated carbocycles. The Hall–Kier alpha value is -0.860. The van der Waals surface area contributed by atoms with E-state index in [-0.39, 0.29) is 6.10 Å². The van der Waals surface area contributed by atoms with Crippen LogP contribution in [-0.4, -0.2) is 24.3 Å². The molecule has 2 aliphatic rings. The largest absolute Gasteiger partial charge is 0.393 e. The van der Waals surface area contributed by atoms with Gasteiger partial charge in [0.05, 0.1) is 6.10 Å². The van der Waals surface area contributed by atoms with Gasteiger partial charge in [-0.15, -0.1) is 0 Å². The van der Waals surface area contributed by atoms with Gasteiger partial charge in [-0.3, -0.25) is 0 Å². The Morgan fingerprint density at radius 3 is 2.83 bits per heavy atom. The number of fused-ring (bicyclic) bond motifs is 1. The molecule has 1 unspecified atom stereocenters. The first-order chi connectivity index (χ1) is 8.83. The van der Waals surface area contributed by atoms with Gasteiger partial charge >= 0.3 is 0 Å². The number of aliphatic hydroxyl groups excluding tert-OH is 1. The van der Waals surface area contributed by atoms with Gasteiger partial charge < -0.3 is 10.4 Å². The highest BCUT2D eigenvalue weighted by Crippen LogP contribution is 2.31. The third kappa shape index (κ3) is 2.60. The number of aryl methyl sites for hydroxylation is 1. The highest BCUT2D eigenvalue weighted by atomic mass is 16.3. The van der Waals surface area contributed by atoms with Crippen molar-refractivity contribution in [3.05, 3.63) is 35.4 Å². The summed E-state index contributed by atoms with van der Waals surface area (Å²) in [7, 11) is 0. The molecule has 0 saturated heterocycles. The van der Waals surface area contributed by atoms with Crippen LogP contribution in [-0.2, 0) is 6.42 Å². The lowest BCUT2D eigenvalue weighted by Gasteiger charge is -2.32. The van der Waals surface area contributed by atoms with E-state index in [1.54, 1.807) is 11.1 Å². The third-order valence-corrected chi connectivity index (χ3v) is 4.53.